The molecule has 0 radical (unpaired) electrons. The molecule has 5 rings (SSSR count). The number of carbonyl (C=O) groups excluding carboxylic acids is 2. The first-order valence-electron chi connectivity index (χ1n) is 10.8. The van der Waals surface area contributed by atoms with Crippen LogP contribution in [0.4, 0.5) is 5.69 Å². The van der Waals surface area contributed by atoms with Gasteiger partial charge >= 0.3 is 0 Å². The van der Waals surface area contributed by atoms with Crippen molar-refractivity contribution in [3.8, 4) is 5.75 Å². The zero-order chi connectivity index (χ0) is 21.4. The van der Waals surface area contributed by atoms with E-state index in [2.05, 4.69) is 6.07 Å². The van der Waals surface area contributed by atoms with E-state index in [1.54, 1.807) is 16.2 Å². The van der Waals surface area contributed by atoms with Gasteiger partial charge in [-0.3, -0.25) is 9.59 Å². The number of ether oxygens (including phenoxy) is 1. The van der Waals surface area contributed by atoms with Crippen LogP contribution in [0, 0.1) is 5.92 Å². The van der Waals surface area contributed by atoms with Gasteiger partial charge in [0.1, 0.15) is 10.8 Å². The number of carbonyl (C=O) groups is 2. The Bertz CT molecular complexity index is 1080. The number of fused-ring (bicyclic) bond motifs is 1. The second-order valence-electron chi connectivity index (χ2n) is 8.04. The number of para-hydroxylation sites is 1. The summed E-state index contributed by atoms with van der Waals surface area (Å²) in [5.41, 5.74) is 1.80. The van der Waals surface area contributed by atoms with E-state index in [1.165, 1.54) is 0 Å². The summed E-state index contributed by atoms with van der Waals surface area (Å²) in [5, 5.41) is 1.000. The largest absolute Gasteiger partial charge is 0.494 e. The highest BCUT2D eigenvalue weighted by Crippen LogP contribution is 2.38. The maximum Gasteiger partial charge on any atom is 0.228 e. The molecule has 2 fully saturated rings. The molecule has 160 valence electrons. The molecule has 7 heteroatoms. The molecule has 2 aromatic carbocycles. The average molecular weight is 436 g/mol. The van der Waals surface area contributed by atoms with Crippen molar-refractivity contribution in [3.63, 3.8) is 0 Å². The minimum absolute atomic E-state index is 0.00163. The fourth-order valence-corrected chi connectivity index (χ4v) is 5.68. The van der Waals surface area contributed by atoms with E-state index in [4.69, 9.17) is 9.72 Å². The summed E-state index contributed by atoms with van der Waals surface area (Å²) >= 11 is 1.67. The molecule has 2 saturated heterocycles. The van der Waals surface area contributed by atoms with Gasteiger partial charge in [-0.2, -0.15) is 0 Å². The Morgan fingerprint density at radius 3 is 2.77 bits per heavy atom. The van der Waals surface area contributed by atoms with Gasteiger partial charge < -0.3 is 14.5 Å². The summed E-state index contributed by atoms with van der Waals surface area (Å²) in [6, 6.07) is 15.6. The Morgan fingerprint density at radius 1 is 1.19 bits per heavy atom. The predicted octanol–water partition coefficient (Wildman–Crippen LogP) is 4.41. The highest BCUT2D eigenvalue weighted by molar-refractivity contribution is 7.18. The number of hydrogen-bond acceptors (Lipinski definition) is 5. The summed E-state index contributed by atoms with van der Waals surface area (Å²) in [5.74, 6) is 0.539. The van der Waals surface area contributed by atoms with E-state index in [0.717, 1.165) is 46.0 Å². The minimum Gasteiger partial charge on any atom is -0.494 e. The molecule has 0 spiro atoms. The number of nitrogens with zero attached hydrogens (tertiary/aromatic N) is 3. The van der Waals surface area contributed by atoms with Crippen LogP contribution in [0.5, 0.6) is 5.75 Å². The van der Waals surface area contributed by atoms with Crippen molar-refractivity contribution in [2.24, 2.45) is 5.92 Å². The normalized spacial score (nSPS) is 21.3. The lowest BCUT2D eigenvalue weighted by atomic mass is 10.1. The van der Waals surface area contributed by atoms with Gasteiger partial charge in [0.25, 0.3) is 0 Å². The first kappa shape index (κ1) is 20.0. The van der Waals surface area contributed by atoms with Gasteiger partial charge in [-0.05, 0) is 56.2 Å². The van der Waals surface area contributed by atoms with Crippen LogP contribution in [0.2, 0.25) is 0 Å². The Hall–Kier alpha value is -2.93. The monoisotopic (exact) mass is 435 g/mol. The Kier molecular flexibility index (Phi) is 5.36. The van der Waals surface area contributed by atoms with E-state index >= 15 is 0 Å². The van der Waals surface area contributed by atoms with Crippen LogP contribution in [-0.2, 0) is 9.59 Å². The number of hydrogen-bond donors (Lipinski definition) is 0. The van der Waals surface area contributed by atoms with Crippen LogP contribution >= 0.6 is 11.3 Å². The predicted molar refractivity (Wildman–Crippen MR) is 121 cm³/mol. The standard InChI is InChI=1S/C24H25N3O3S/c1-2-30-18-11-9-17(10-12-18)27-15-16(14-22(27)28)24(29)26-13-5-7-20(26)23-25-19-6-3-4-8-21(19)31-23/h3-4,6,8-12,16,20H,2,5,7,13-15H2,1H3/t16-,20-/m1/s1. The zero-order valence-corrected chi connectivity index (χ0v) is 18.3. The third-order valence-electron chi connectivity index (χ3n) is 6.07. The molecule has 2 atom stereocenters. The van der Waals surface area contributed by atoms with Gasteiger partial charge in [-0.25, -0.2) is 4.98 Å². The van der Waals surface area contributed by atoms with Crippen molar-refractivity contribution in [1.82, 2.24) is 9.88 Å². The van der Waals surface area contributed by atoms with Crippen molar-refractivity contribution in [3.05, 3.63) is 53.5 Å². The van der Waals surface area contributed by atoms with Crippen LogP contribution < -0.4 is 9.64 Å². The second kappa shape index (κ2) is 8.30. The third kappa shape index (κ3) is 3.78. The number of thiazole rings is 1. The maximum atomic E-state index is 13.4. The minimum atomic E-state index is -0.311. The number of aromatic nitrogens is 1. The van der Waals surface area contributed by atoms with E-state index in [-0.39, 0.29) is 30.2 Å². The molecule has 31 heavy (non-hydrogen) atoms. The molecular formula is C24H25N3O3S. The van der Waals surface area contributed by atoms with Crippen LogP contribution in [0.3, 0.4) is 0 Å². The molecule has 3 heterocycles. The molecule has 0 bridgehead atoms. The lowest BCUT2D eigenvalue weighted by molar-refractivity contribution is -0.136. The van der Waals surface area contributed by atoms with Crippen LogP contribution in [0.15, 0.2) is 48.5 Å². The summed E-state index contributed by atoms with van der Waals surface area (Å²) in [7, 11) is 0. The van der Waals surface area contributed by atoms with E-state index < -0.39 is 0 Å². The average Bonchev–Trinajstić information content (AvgIpc) is 3.51. The van der Waals surface area contributed by atoms with E-state index in [0.29, 0.717) is 13.2 Å². The van der Waals surface area contributed by atoms with E-state index in [1.807, 2.05) is 54.3 Å². The van der Waals surface area contributed by atoms with Gasteiger partial charge in [-0.15, -0.1) is 11.3 Å². The number of likely N-dealkylation sites (tertiary alicyclic amines) is 1. The van der Waals surface area contributed by atoms with Crippen molar-refractivity contribution >= 4 is 39.1 Å². The molecule has 1 aromatic heterocycles. The van der Waals surface area contributed by atoms with Gasteiger partial charge in [-0.1, -0.05) is 12.1 Å². The third-order valence-corrected chi connectivity index (χ3v) is 7.20. The number of rotatable bonds is 5. The van der Waals surface area contributed by atoms with Gasteiger partial charge in [0, 0.05) is 25.2 Å². The molecule has 6 nitrogen and oxygen atoms in total. The molecule has 0 saturated carbocycles. The van der Waals surface area contributed by atoms with Crippen LogP contribution in [0.1, 0.15) is 37.2 Å². The summed E-state index contributed by atoms with van der Waals surface area (Å²) in [6.45, 7) is 3.69. The fourth-order valence-electron chi connectivity index (χ4n) is 4.57. The van der Waals surface area contributed by atoms with Crippen molar-refractivity contribution in [1.29, 1.82) is 0 Å². The van der Waals surface area contributed by atoms with Gasteiger partial charge in [0.15, 0.2) is 0 Å². The Labute approximate surface area is 185 Å². The summed E-state index contributed by atoms with van der Waals surface area (Å²) in [4.78, 5) is 34.6. The molecule has 0 aliphatic carbocycles. The second-order valence-corrected chi connectivity index (χ2v) is 9.10. The Morgan fingerprint density at radius 2 is 2.00 bits per heavy atom. The number of amides is 2. The summed E-state index contributed by atoms with van der Waals surface area (Å²) < 4.78 is 6.63. The fraction of sp³-hybridized carbons (Fsp3) is 0.375. The lowest BCUT2D eigenvalue weighted by Crippen LogP contribution is -2.37. The highest BCUT2D eigenvalue weighted by atomic mass is 32.1. The molecule has 3 aromatic rings. The molecule has 2 amide bonds. The zero-order valence-electron chi connectivity index (χ0n) is 17.5. The molecule has 0 N–H and O–H groups in total. The summed E-state index contributed by atoms with van der Waals surface area (Å²) in [6.07, 6.45) is 2.15. The van der Waals surface area contributed by atoms with Gasteiger partial charge in [0.05, 0.1) is 28.8 Å². The van der Waals surface area contributed by atoms with Crippen molar-refractivity contribution < 1.29 is 14.3 Å². The lowest BCUT2D eigenvalue weighted by Gasteiger charge is -2.26. The SMILES string of the molecule is CCOc1ccc(N2C[C@H](C(=O)N3CCC[C@@H]3c3nc4ccccc4s3)CC2=O)cc1. The molecule has 0 unspecified atom stereocenters. The smallest absolute Gasteiger partial charge is 0.228 e. The molecule has 2 aliphatic rings. The topological polar surface area (TPSA) is 62.7 Å². The van der Waals surface area contributed by atoms with Crippen LogP contribution in [-0.4, -0.2) is 41.4 Å². The van der Waals surface area contributed by atoms with E-state index in [9.17, 15) is 9.59 Å². The maximum absolute atomic E-state index is 13.4. The quantitative estimate of drug-likeness (QED) is 0.596. The number of benzene rings is 2. The number of anilines is 1. The highest BCUT2D eigenvalue weighted by Gasteiger charge is 2.41. The first-order valence-corrected chi connectivity index (χ1v) is 11.6. The van der Waals surface area contributed by atoms with Crippen molar-refractivity contribution in [2.45, 2.75) is 32.2 Å². The van der Waals surface area contributed by atoms with Gasteiger partial charge in [0.2, 0.25) is 11.8 Å². The van der Waals surface area contributed by atoms with Crippen LogP contribution in [0.25, 0.3) is 10.2 Å². The van der Waals surface area contributed by atoms with Crippen molar-refractivity contribution in [2.75, 3.05) is 24.6 Å². The Balaban J connectivity index is 1.32. The molecule has 2 aliphatic heterocycles. The first-order chi connectivity index (χ1) is 15.1. The molecular weight excluding hydrogens is 410 g/mol.